The minimum absolute atomic E-state index is 0.0216. The van der Waals surface area contributed by atoms with Crippen molar-refractivity contribution < 1.29 is 13.2 Å². The zero-order valence-corrected chi connectivity index (χ0v) is 10.9. The monoisotopic (exact) mass is 260 g/mol. The van der Waals surface area contributed by atoms with E-state index in [1.807, 2.05) is 6.92 Å². The van der Waals surface area contributed by atoms with Crippen molar-refractivity contribution in [3.8, 4) is 0 Å². The third-order valence-corrected chi connectivity index (χ3v) is 5.19. The standard InChI is InChI=1S/C11H20N2O3S/c1-8(11(14)13-10-2-3-10)12-6-9-4-5-17(15,16)7-9/h8-10,12H,2-7H2,1H3,(H,13,14). The molecule has 0 bridgehead atoms. The molecule has 0 spiro atoms. The number of hydrogen-bond donors (Lipinski definition) is 2. The topological polar surface area (TPSA) is 75.3 Å². The van der Waals surface area contributed by atoms with E-state index in [1.54, 1.807) is 0 Å². The van der Waals surface area contributed by atoms with E-state index in [-0.39, 0.29) is 23.6 Å². The number of rotatable bonds is 5. The summed E-state index contributed by atoms with van der Waals surface area (Å²) in [5, 5.41) is 6.04. The molecule has 0 radical (unpaired) electrons. The first-order chi connectivity index (χ1) is 7.96. The number of amides is 1. The molecule has 5 nitrogen and oxygen atoms in total. The van der Waals surface area contributed by atoms with Crippen LogP contribution in [0, 0.1) is 5.92 Å². The van der Waals surface area contributed by atoms with Crippen molar-refractivity contribution in [3.05, 3.63) is 0 Å². The van der Waals surface area contributed by atoms with Crippen molar-refractivity contribution in [2.75, 3.05) is 18.1 Å². The predicted molar refractivity (Wildman–Crippen MR) is 65.4 cm³/mol. The average Bonchev–Trinajstić information content (AvgIpc) is 2.99. The van der Waals surface area contributed by atoms with Gasteiger partial charge in [0.2, 0.25) is 5.91 Å². The molecule has 1 saturated heterocycles. The Morgan fingerprint density at radius 3 is 2.59 bits per heavy atom. The lowest BCUT2D eigenvalue weighted by Crippen LogP contribution is -2.44. The fourth-order valence-corrected chi connectivity index (χ4v) is 3.88. The molecule has 0 aromatic carbocycles. The molecule has 1 heterocycles. The molecule has 1 saturated carbocycles. The predicted octanol–water partition coefficient (Wildman–Crippen LogP) is -0.322. The van der Waals surface area contributed by atoms with E-state index in [0.717, 1.165) is 12.8 Å². The maximum Gasteiger partial charge on any atom is 0.237 e. The van der Waals surface area contributed by atoms with Crippen molar-refractivity contribution >= 4 is 15.7 Å². The maximum absolute atomic E-state index is 11.6. The van der Waals surface area contributed by atoms with E-state index in [2.05, 4.69) is 10.6 Å². The van der Waals surface area contributed by atoms with Gasteiger partial charge < -0.3 is 10.6 Å². The molecular formula is C11H20N2O3S. The summed E-state index contributed by atoms with van der Waals surface area (Å²) in [5.41, 5.74) is 0. The second kappa shape index (κ2) is 4.94. The van der Waals surface area contributed by atoms with Crippen molar-refractivity contribution in [3.63, 3.8) is 0 Å². The second-order valence-electron chi connectivity index (χ2n) is 5.18. The highest BCUT2D eigenvalue weighted by Crippen LogP contribution is 2.19. The van der Waals surface area contributed by atoms with E-state index in [0.29, 0.717) is 24.8 Å². The van der Waals surface area contributed by atoms with Crippen LogP contribution in [0.15, 0.2) is 0 Å². The van der Waals surface area contributed by atoms with Crippen LogP contribution >= 0.6 is 0 Å². The zero-order valence-electron chi connectivity index (χ0n) is 10.1. The van der Waals surface area contributed by atoms with Crippen LogP contribution in [0.1, 0.15) is 26.2 Å². The highest BCUT2D eigenvalue weighted by atomic mass is 32.2. The molecule has 1 amide bonds. The molecule has 1 aliphatic carbocycles. The number of hydrogen-bond acceptors (Lipinski definition) is 4. The van der Waals surface area contributed by atoms with Crippen molar-refractivity contribution in [1.82, 2.24) is 10.6 Å². The van der Waals surface area contributed by atoms with Crippen molar-refractivity contribution in [1.29, 1.82) is 0 Å². The Bertz CT molecular complexity index is 390. The summed E-state index contributed by atoms with van der Waals surface area (Å²) in [7, 11) is -2.81. The van der Waals surface area contributed by atoms with Crippen LogP contribution in [0.25, 0.3) is 0 Å². The van der Waals surface area contributed by atoms with E-state index in [1.165, 1.54) is 0 Å². The summed E-state index contributed by atoms with van der Waals surface area (Å²) in [6.07, 6.45) is 2.88. The van der Waals surface area contributed by atoms with Gasteiger partial charge in [0.15, 0.2) is 9.84 Å². The Morgan fingerprint density at radius 1 is 1.35 bits per heavy atom. The molecule has 1 aliphatic heterocycles. The first-order valence-corrected chi connectivity index (χ1v) is 8.02. The van der Waals surface area contributed by atoms with Crippen molar-refractivity contribution in [2.24, 2.45) is 5.92 Å². The Kier molecular flexibility index (Phi) is 3.73. The molecule has 0 aromatic heterocycles. The van der Waals surface area contributed by atoms with Gasteiger partial charge in [-0.25, -0.2) is 8.42 Å². The summed E-state index contributed by atoms with van der Waals surface area (Å²) < 4.78 is 22.5. The third kappa shape index (κ3) is 3.96. The number of carbonyl (C=O) groups is 1. The Labute approximate surface area is 102 Å². The second-order valence-corrected chi connectivity index (χ2v) is 7.41. The van der Waals surface area contributed by atoms with Gasteiger partial charge in [0.05, 0.1) is 17.5 Å². The van der Waals surface area contributed by atoms with Gasteiger partial charge in [0.25, 0.3) is 0 Å². The van der Waals surface area contributed by atoms with Gasteiger partial charge in [-0.15, -0.1) is 0 Å². The first-order valence-electron chi connectivity index (χ1n) is 6.20. The molecule has 2 aliphatic rings. The van der Waals surface area contributed by atoms with Crippen LogP contribution in [0.5, 0.6) is 0 Å². The molecular weight excluding hydrogens is 240 g/mol. The molecule has 98 valence electrons. The lowest BCUT2D eigenvalue weighted by molar-refractivity contribution is -0.122. The molecule has 0 aromatic rings. The van der Waals surface area contributed by atoms with Gasteiger partial charge in [-0.05, 0) is 38.6 Å². The lowest BCUT2D eigenvalue weighted by Gasteiger charge is -2.16. The maximum atomic E-state index is 11.6. The number of sulfone groups is 1. The van der Waals surface area contributed by atoms with E-state index < -0.39 is 9.84 Å². The Morgan fingerprint density at radius 2 is 2.06 bits per heavy atom. The summed E-state index contributed by atoms with van der Waals surface area (Å²) in [6.45, 7) is 2.43. The van der Waals surface area contributed by atoms with Gasteiger partial charge in [0.1, 0.15) is 0 Å². The zero-order chi connectivity index (χ0) is 12.5. The van der Waals surface area contributed by atoms with Crippen LogP contribution in [0.4, 0.5) is 0 Å². The average molecular weight is 260 g/mol. The van der Waals surface area contributed by atoms with Gasteiger partial charge in [0, 0.05) is 6.04 Å². The largest absolute Gasteiger partial charge is 0.352 e. The quantitative estimate of drug-likeness (QED) is 0.710. The highest BCUT2D eigenvalue weighted by Gasteiger charge is 2.29. The van der Waals surface area contributed by atoms with E-state index in [4.69, 9.17) is 0 Å². The van der Waals surface area contributed by atoms with Crippen LogP contribution in [-0.2, 0) is 14.6 Å². The smallest absolute Gasteiger partial charge is 0.237 e. The summed E-state index contributed by atoms with van der Waals surface area (Å²) >= 11 is 0. The van der Waals surface area contributed by atoms with Crippen LogP contribution in [-0.4, -0.2) is 44.5 Å². The molecule has 17 heavy (non-hydrogen) atoms. The summed E-state index contributed by atoms with van der Waals surface area (Å²) in [5.74, 6) is 0.739. The molecule has 2 fully saturated rings. The molecule has 2 N–H and O–H groups in total. The minimum atomic E-state index is -2.81. The molecule has 2 rings (SSSR count). The minimum Gasteiger partial charge on any atom is -0.352 e. The fourth-order valence-electron chi connectivity index (χ4n) is 2.02. The SMILES string of the molecule is CC(NCC1CCS(=O)(=O)C1)C(=O)NC1CC1. The number of nitrogens with one attached hydrogen (secondary N) is 2. The van der Waals surface area contributed by atoms with Crippen LogP contribution in [0.2, 0.25) is 0 Å². The lowest BCUT2D eigenvalue weighted by atomic mass is 10.1. The van der Waals surface area contributed by atoms with Crippen LogP contribution in [0.3, 0.4) is 0 Å². The van der Waals surface area contributed by atoms with E-state index in [9.17, 15) is 13.2 Å². The molecule has 6 heteroatoms. The third-order valence-electron chi connectivity index (χ3n) is 3.36. The Hall–Kier alpha value is -0.620. The summed E-state index contributed by atoms with van der Waals surface area (Å²) in [4.78, 5) is 11.6. The number of carbonyl (C=O) groups excluding carboxylic acids is 1. The first kappa shape index (κ1) is 12.8. The Balaban J connectivity index is 1.68. The summed E-state index contributed by atoms with van der Waals surface area (Å²) in [6, 6.07) is 0.137. The van der Waals surface area contributed by atoms with Gasteiger partial charge >= 0.3 is 0 Å². The highest BCUT2D eigenvalue weighted by molar-refractivity contribution is 7.91. The molecule has 2 atom stereocenters. The van der Waals surface area contributed by atoms with Gasteiger partial charge in [-0.1, -0.05) is 0 Å². The van der Waals surface area contributed by atoms with Crippen molar-refractivity contribution in [2.45, 2.75) is 38.3 Å². The normalized spacial score (nSPS) is 28.9. The molecule has 2 unspecified atom stereocenters. The fraction of sp³-hybridized carbons (Fsp3) is 0.909. The van der Waals surface area contributed by atoms with E-state index >= 15 is 0 Å². The van der Waals surface area contributed by atoms with Crippen LogP contribution < -0.4 is 10.6 Å². The van der Waals surface area contributed by atoms with Gasteiger partial charge in [-0.2, -0.15) is 0 Å². The van der Waals surface area contributed by atoms with Gasteiger partial charge in [-0.3, -0.25) is 4.79 Å².